The summed E-state index contributed by atoms with van der Waals surface area (Å²) >= 11 is 1.73. The standard InChI is InChI=1S/C14H20N2O4S/c1-10(9-21-2)7-15-14(19)16-11-5-3-4-6-12(11)20-8-13(17)18/h3-6,10H,7-9H2,1-2H3,(H,17,18)(H2,15,16,19). The van der Waals surface area contributed by atoms with E-state index in [9.17, 15) is 9.59 Å². The number of hydrogen-bond acceptors (Lipinski definition) is 4. The molecule has 0 aliphatic rings. The number of urea groups is 1. The van der Waals surface area contributed by atoms with E-state index in [1.807, 2.05) is 6.26 Å². The first-order valence-corrected chi connectivity index (χ1v) is 7.89. The lowest BCUT2D eigenvalue weighted by Gasteiger charge is -2.14. The van der Waals surface area contributed by atoms with E-state index in [0.29, 0.717) is 23.9 Å². The molecule has 1 unspecified atom stereocenters. The zero-order valence-electron chi connectivity index (χ0n) is 12.1. The van der Waals surface area contributed by atoms with E-state index < -0.39 is 12.6 Å². The number of rotatable bonds is 8. The van der Waals surface area contributed by atoms with Gasteiger partial charge in [0.05, 0.1) is 5.69 Å². The number of benzene rings is 1. The van der Waals surface area contributed by atoms with Gasteiger partial charge in [0.2, 0.25) is 0 Å². The molecule has 1 rings (SSSR count). The second-order valence-electron chi connectivity index (χ2n) is 4.57. The van der Waals surface area contributed by atoms with Gasteiger partial charge in [-0.15, -0.1) is 0 Å². The lowest BCUT2D eigenvalue weighted by atomic mass is 10.2. The van der Waals surface area contributed by atoms with Crippen LogP contribution in [0.5, 0.6) is 5.75 Å². The Kier molecular flexibility index (Phi) is 7.45. The minimum absolute atomic E-state index is 0.326. The van der Waals surface area contributed by atoms with Gasteiger partial charge >= 0.3 is 12.0 Å². The molecule has 0 fully saturated rings. The minimum atomic E-state index is -1.07. The number of ether oxygens (including phenoxy) is 1. The number of amides is 2. The van der Waals surface area contributed by atoms with Crippen LogP contribution in [0.4, 0.5) is 10.5 Å². The molecule has 0 aromatic heterocycles. The molecule has 1 aromatic rings. The summed E-state index contributed by atoms with van der Waals surface area (Å²) in [6.45, 7) is 2.18. The smallest absolute Gasteiger partial charge is 0.341 e. The van der Waals surface area contributed by atoms with E-state index in [0.717, 1.165) is 5.75 Å². The summed E-state index contributed by atoms with van der Waals surface area (Å²) in [5.41, 5.74) is 0.439. The number of carbonyl (C=O) groups excluding carboxylic acids is 1. The Morgan fingerprint density at radius 3 is 2.76 bits per heavy atom. The van der Waals surface area contributed by atoms with E-state index in [1.54, 1.807) is 36.0 Å². The second kappa shape index (κ2) is 9.12. The Morgan fingerprint density at radius 2 is 2.10 bits per heavy atom. The van der Waals surface area contributed by atoms with Crippen LogP contribution in [0.1, 0.15) is 6.92 Å². The molecule has 0 aliphatic carbocycles. The first-order chi connectivity index (χ1) is 10.0. The van der Waals surface area contributed by atoms with Gasteiger partial charge in [-0.1, -0.05) is 19.1 Å². The Hall–Kier alpha value is -1.89. The van der Waals surface area contributed by atoms with Gasteiger partial charge in [-0.3, -0.25) is 0 Å². The molecule has 0 spiro atoms. The molecular formula is C14H20N2O4S. The van der Waals surface area contributed by atoms with Crippen molar-refractivity contribution >= 4 is 29.4 Å². The Labute approximate surface area is 128 Å². The van der Waals surface area contributed by atoms with Crippen LogP contribution in [-0.4, -0.2) is 42.3 Å². The summed E-state index contributed by atoms with van der Waals surface area (Å²) < 4.78 is 5.12. The summed E-state index contributed by atoms with van der Waals surface area (Å²) in [5.74, 6) is 0.607. The van der Waals surface area contributed by atoms with E-state index in [4.69, 9.17) is 9.84 Å². The molecule has 3 N–H and O–H groups in total. The van der Waals surface area contributed by atoms with Crippen LogP contribution in [0.2, 0.25) is 0 Å². The van der Waals surface area contributed by atoms with E-state index in [1.165, 1.54) is 0 Å². The van der Waals surface area contributed by atoms with Crippen LogP contribution >= 0.6 is 11.8 Å². The van der Waals surface area contributed by atoms with Crippen LogP contribution in [0.3, 0.4) is 0 Å². The molecule has 2 amide bonds. The predicted octanol–water partition coefficient (Wildman–Crippen LogP) is 2.27. The first-order valence-electron chi connectivity index (χ1n) is 6.50. The summed E-state index contributed by atoms with van der Waals surface area (Å²) in [7, 11) is 0. The summed E-state index contributed by atoms with van der Waals surface area (Å²) in [6, 6.07) is 6.37. The highest BCUT2D eigenvalue weighted by atomic mass is 32.2. The van der Waals surface area contributed by atoms with Crippen molar-refractivity contribution in [3.8, 4) is 5.75 Å². The molecule has 7 heteroatoms. The molecular weight excluding hydrogens is 292 g/mol. The van der Waals surface area contributed by atoms with Crippen molar-refractivity contribution in [1.82, 2.24) is 5.32 Å². The van der Waals surface area contributed by atoms with Crippen molar-refractivity contribution in [3.63, 3.8) is 0 Å². The number of nitrogens with one attached hydrogen (secondary N) is 2. The van der Waals surface area contributed by atoms with Gasteiger partial charge in [0.15, 0.2) is 6.61 Å². The Bertz CT molecular complexity index is 482. The fraction of sp³-hybridized carbons (Fsp3) is 0.429. The summed E-state index contributed by atoms with van der Waals surface area (Å²) in [5, 5.41) is 14.0. The third-order valence-corrected chi connectivity index (χ3v) is 3.45. The second-order valence-corrected chi connectivity index (χ2v) is 5.48. The minimum Gasteiger partial charge on any atom is -0.480 e. The van der Waals surface area contributed by atoms with Crippen LogP contribution < -0.4 is 15.4 Å². The number of carbonyl (C=O) groups is 2. The van der Waals surface area contributed by atoms with E-state index >= 15 is 0 Å². The molecule has 116 valence electrons. The van der Waals surface area contributed by atoms with Crippen molar-refractivity contribution in [2.45, 2.75) is 6.92 Å². The zero-order chi connectivity index (χ0) is 15.7. The van der Waals surface area contributed by atoms with Gasteiger partial charge in [-0.25, -0.2) is 9.59 Å². The average Bonchev–Trinajstić information content (AvgIpc) is 2.44. The Morgan fingerprint density at radius 1 is 1.38 bits per heavy atom. The number of carboxylic acid groups (broad SMARTS) is 1. The number of anilines is 1. The van der Waals surface area contributed by atoms with Crippen LogP contribution in [0, 0.1) is 5.92 Å². The average molecular weight is 312 g/mol. The van der Waals surface area contributed by atoms with Crippen molar-refractivity contribution in [2.75, 3.05) is 30.5 Å². The van der Waals surface area contributed by atoms with Gasteiger partial charge in [0.1, 0.15) is 5.75 Å². The number of para-hydroxylation sites is 2. The van der Waals surface area contributed by atoms with E-state index in [2.05, 4.69) is 17.6 Å². The molecule has 0 aliphatic heterocycles. The highest BCUT2D eigenvalue weighted by molar-refractivity contribution is 7.98. The number of carboxylic acids is 1. The molecule has 0 bridgehead atoms. The van der Waals surface area contributed by atoms with Crippen LogP contribution in [-0.2, 0) is 4.79 Å². The maximum atomic E-state index is 11.8. The summed E-state index contributed by atoms with van der Waals surface area (Å²) in [4.78, 5) is 22.3. The van der Waals surface area contributed by atoms with Gasteiger partial charge in [0, 0.05) is 6.54 Å². The van der Waals surface area contributed by atoms with Gasteiger partial charge in [0.25, 0.3) is 0 Å². The highest BCUT2D eigenvalue weighted by Gasteiger charge is 2.09. The molecule has 0 heterocycles. The van der Waals surface area contributed by atoms with Gasteiger partial charge in [-0.05, 0) is 30.1 Å². The lowest BCUT2D eigenvalue weighted by molar-refractivity contribution is -0.139. The van der Waals surface area contributed by atoms with Crippen molar-refractivity contribution < 1.29 is 19.4 Å². The van der Waals surface area contributed by atoms with Crippen molar-refractivity contribution in [3.05, 3.63) is 24.3 Å². The maximum Gasteiger partial charge on any atom is 0.341 e. The van der Waals surface area contributed by atoms with Crippen LogP contribution in [0.15, 0.2) is 24.3 Å². The molecule has 0 saturated heterocycles. The zero-order valence-corrected chi connectivity index (χ0v) is 12.9. The number of hydrogen-bond donors (Lipinski definition) is 3. The third kappa shape index (κ3) is 6.89. The quantitative estimate of drug-likeness (QED) is 0.685. The van der Waals surface area contributed by atoms with Gasteiger partial charge in [-0.2, -0.15) is 11.8 Å². The largest absolute Gasteiger partial charge is 0.480 e. The topological polar surface area (TPSA) is 87.7 Å². The fourth-order valence-electron chi connectivity index (χ4n) is 1.61. The molecule has 6 nitrogen and oxygen atoms in total. The first kappa shape index (κ1) is 17.2. The van der Waals surface area contributed by atoms with Crippen LogP contribution in [0.25, 0.3) is 0 Å². The molecule has 1 aromatic carbocycles. The molecule has 0 saturated carbocycles. The molecule has 21 heavy (non-hydrogen) atoms. The third-order valence-electron chi connectivity index (χ3n) is 2.55. The number of thioether (sulfide) groups is 1. The normalized spacial score (nSPS) is 11.5. The SMILES string of the molecule is CSCC(C)CNC(=O)Nc1ccccc1OCC(=O)O. The number of aliphatic carboxylic acids is 1. The van der Waals surface area contributed by atoms with Gasteiger partial charge < -0.3 is 20.5 Å². The molecule has 0 radical (unpaired) electrons. The highest BCUT2D eigenvalue weighted by Crippen LogP contribution is 2.23. The Balaban J connectivity index is 2.53. The maximum absolute atomic E-state index is 11.8. The van der Waals surface area contributed by atoms with E-state index in [-0.39, 0.29) is 6.03 Å². The fourth-order valence-corrected chi connectivity index (χ4v) is 2.30. The molecule has 1 atom stereocenters. The lowest BCUT2D eigenvalue weighted by Crippen LogP contribution is -2.33. The van der Waals surface area contributed by atoms with Crippen molar-refractivity contribution in [2.24, 2.45) is 5.92 Å². The van der Waals surface area contributed by atoms with Crippen molar-refractivity contribution in [1.29, 1.82) is 0 Å². The predicted molar refractivity (Wildman–Crippen MR) is 84.1 cm³/mol. The monoisotopic (exact) mass is 312 g/mol. The summed E-state index contributed by atoms with van der Waals surface area (Å²) in [6.07, 6.45) is 2.02.